The van der Waals surface area contributed by atoms with Crippen LogP contribution in [0.5, 0.6) is 5.75 Å². The average molecular weight is 273 g/mol. The molecule has 1 atom stereocenters. The minimum Gasteiger partial charge on any atom is -0.481 e. The Balaban J connectivity index is 2.00. The third-order valence-electron chi connectivity index (χ3n) is 2.85. The Morgan fingerprint density at radius 1 is 1.20 bits per heavy atom. The first-order chi connectivity index (χ1) is 9.56. The topological polar surface area (TPSA) is 38.3 Å². The van der Waals surface area contributed by atoms with Gasteiger partial charge in [0.1, 0.15) is 11.6 Å². The number of carbonyl (C=O) groups excluding carboxylic acids is 1. The van der Waals surface area contributed by atoms with Crippen LogP contribution in [-0.4, -0.2) is 12.0 Å². The normalized spacial score (nSPS) is 11.8. The van der Waals surface area contributed by atoms with Crippen LogP contribution < -0.4 is 10.1 Å². The summed E-state index contributed by atoms with van der Waals surface area (Å²) in [6.45, 7) is 3.39. The Morgan fingerprint density at radius 3 is 2.55 bits per heavy atom. The van der Waals surface area contributed by atoms with Gasteiger partial charge < -0.3 is 10.1 Å². The summed E-state index contributed by atoms with van der Waals surface area (Å²) in [5.74, 6) is -0.0710. The van der Waals surface area contributed by atoms with Crippen molar-refractivity contribution in [2.24, 2.45) is 0 Å². The van der Waals surface area contributed by atoms with Gasteiger partial charge in [-0.25, -0.2) is 4.39 Å². The van der Waals surface area contributed by atoms with Gasteiger partial charge in [-0.15, -0.1) is 0 Å². The quantitative estimate of drug-likeness (QED) is 0.925. The lowest BCUT2D eigenvalue weighted by Crippen LogP contribution is -2.30. The highest BCUT2D eigenvalue weighted by molar-refractivity contribution is 5.94. The lowest BCUT2D eigenvalue weighted by Gasteiger charge is -2.16. The molecule has 1 amide bonds. The molecule has 0 fully saturated rings. The number of rotatable bonds is 4. The zero-order chi connectivity index (χ0) is 14.5. The molecule has 4 heteroatoms. The molecule has 1 unspecified atom stereocenters. The molecule has 0 radical (unpaired) electrons. The van der Waals surface area contributed by atoms with E-state index in [4.69, 9.17) is 4.74 Å². The summed E-state index contributed by atoms with van der Waals surface area (Å²) in [5.41, 5.74) is 1.37. The van der Waals surface area contributed by atoms with Crippen molar-refractivity contribution in [3.63, 3.8) is 0 Å². The minimum absolute atomic E-state index is 0.250. The zero-order valence-electron chi connectivity index (χ0n) is 11.4. The second-order valence-corrected chi connectivity index (χ2v) is 4.53. The molecule has 2 aromatic carbocycles. The van der Waals surface area contributed by atoms with Gasteiger partial charge in [-0.1, -0.05) is 18.2 Å². The fourth-order valence-electron chi connectivity index (χ4n) is 1.75. The number of hydrogen-bond acceptors (Lipinski definition) is 2. The lowest BCUT2D eigenvalue weighted by molar-refractivity contribution is -0.122. The van der Waals surface area contributed by atoms with E-state index in [1.807, 2.05) is 18.2 Å². The number of anilines is 1. The molecule has 0 aromatic heterocycles. The van der Waals surface area contributed by atoms with E-state index in [9.17, 15) is 9.18 Å². The summed E-state index contributed by atoms with van der Waals surface area (Å²) < 4.78 is 18.6. The Morgan fingerprint density at radius 2 is 1.90 bits per heavy atom. The Hall–Kier alpha value is -2.36. The van der Waals surface area contributed by atoms with Gasteiger partial charge in [-0.3, -0.25) is 4.79 Å². The van der Waals surface area contributed by atoms with Gasteiger partial charge in [0.05, 0.1) is 0 Å². The molecule has 0 bridgehead atoms. The molecule has 0 aliphatic heterocycles. The van der Waals surface area contributed by atoms with Gasteiger partial charge >= 0.3 is 0 Å². The van der Waals surface area contributed by atoms with Crippen molar-refractivity contribution < 1.29 is 13.9 Å². The number of nitrogens with one attached hydrogen (secondary N) is 1. The van der Waals surface area contributed by atoms with E-state index < -0.39 is 6.10 Å². The maximum absolute atomic E-state index is 13.0. The van der Waals surface area contributed by atoms with Gasteiger partial charge in [0.2, 0.25) is 0 Å². The standard InChI is InChI=1S/C16H16FNO2/c1-11-10-13(17)8-9-15(11)20-12(2)16(19)18-14-6-4-3-5-7-14/h3-10,12H,1-2H3,(H,18,19). The minimum atomic E-state index is -0.667. The molecule has 0 aliphatic rings. The molecular weight excluding hydrogens is 257 g/mol. The molecule has 0 saturated heterocycles. The second kappa shape index (κ2) is 6.19. The van der Waals surface area contributed by atoms with Crippen LogP contribution in [0.4, 0.5) is 10.1 Å². The van der Waals surface area contributed by atoms with Crippen LogP contribution in [0.2, 0.25) is 0 Å². The van der Waals surface area contributed by atoms with Gasteiger partial charge in [0.25, 0.3) is 5.91 Å². The largest absolute Gasteiger partial charge is 0.481 e. The number of para-hydroxylation sites is 1. The van der Waals surface area contributed by atoms with E-state index in [2.05, 4.69) is 5.32 Å². The molecular formula is C16H16FNO2. The summed E-state index contributed by atoms with van der Waals surface area (Å²) in [4.78, 5) is 12.0. The Bertz CT molecular complexity index is 599. The Kier molecular flexibility index (Phi) is 4.35. The number of benzene rings is 2. The van der Waals surface area contributed by atoms with Crippen LogP contribution in [-0.2, 0) is 4.79 Å². The number of aryl methyl sites for hydroxylation is 1. The maximum Gasteiger partial charge on any atom is 0.265 e. The number of hydrogen-bond donors (Lipinski definition) is 1. The van der Waals surface area contributed by atoms with E-state index in [0.717, 1.165) is 0 Å². The molecule has 20 heavy (non-hydrogen) atoms. The lowest BCUT2D eigenvalue weighted by atomic mass is 10.2. The van der Waals surface area contributed by atoms with E-state index in [0.29, 0.717) is 17.0 Å². The SMILES string of the molecule is Cc1cc(F)ccc1OC(C)C(=O)Nc1ccccc1. The molecule has 0 spiro atoms. The summed E-state index contributed by atoms with van der Waals surface area (Å²) in [7, 11) is 0. The first-order valence-corrected chi connectivity index (χ1v) is 6.35. The molecule has 0 saturated carbocycles. The van der Waals surface area contributed by atoms with E-state index in [1.165, 1.54) is 18.2 Å². The van der Waals surface area contributed by atoms with Crippen molar-refractivity contribution in [2.75, 3.05) is 5.32 Å². The molecule has 104 valence electrons. The van der Waals surface area contributed by atoms with Crippen LogP contribution in [0.3, 0.4) is 0 Å². The number of amides is 1. The summed E-state index contributed by atoms with van der Waals surface area (Å²) in [6, 6.07) is 13.4. The first-order valence-electron chi connectivity index (χ1n) is 6.35. The molecule has 2 rings (SSSR count). The summed E-state index contributed by atoms with van der Waals surface area (Å²) >= 11 is 0. The zero-order valence-corrected chi connectivity index (χ0v) is 11.4. The van der Waals surface area contributed by atoms with Crippen molar-refractivity contribution in [1.29, 1.82) is 0 Å². The third kappa shape index (κ3) is 3.57. The molecule has 1 N–H and O–H groups in total. The maximum atomic E-state index is 13.0. The molecule has 2 aromatic rings. The van der Waals surface area contributed by atoms with E-state index in [1.54, 1.807) is 26.0 Å². The first kappa shape index (κ1) is 14.1. The van der Waals surface area contributed by atoms with Gasteiger partial charge in [0, 0.05) is 5.69 Å². The fourth-order valence-corrected chi connectivity index (χ4v) is 1.75. The van der Waals surface area contributed by atoms with Gasteiger partial charge in [0.15, 0.2) is 6.10 Å². The number of halogens is 1. The van der Waals surface area contributed by atoms with Gasteiger partial charge in [-0.05, 0) is 49.7 Å². The van der Waals surface area contributed by atoms with E-state index >= 15 is 0 Å². The molecule has 3 nitrogen and oxygen atoms in total. The predicted octanol–water partition coefficient (Wildman–Crippen LogP) is 3.54. The Labute approximate surface area is 117 Å². The highest BCUT2D eigenvalue weighted by Crippen LogP contribution is 2.20. The highest BCUT2D eigenvalue weighted by atomic mass is 19.1. The second-order valence-electron chi connectivity index (χ2n) is 4.53. The third-order valence-corrected chi connectivity index (χ3v) is 2.85. The van der Waals surface area contributed by atoms with Crippen LogP contribution in [0.1, 0.15) is 12.5 Å². The average Bonchev–Trinajstić information content (AvgIpc) is 2.43. The number of carbonyl (C=O) groups is 1. The van der Waals surface area contributed by atoms with Crippen molar-refractivity contribution in [3.05, 3.63) is 59.9 Å². The van der Waals surface area contributed by atoms with Crippen molar-refractivity contribution in [1.82, 2.24) is 0 Å². The molecule has 0 heterocycles. The summed E-state index contributed by atoms with van der Waals surface area (Å²) in [5, 5.41) is 2.75. The van der Waals surface area contributed by atoms with Crippen LogP contribution in [0.25, 0.3) is 0 Å². The number of ether oxygens (including phenoxy) is 1. The van der Waals surface area contributed by atoms with Crippen molar-refractivity contribution in [3.8, 4) is 5.75 Å². The summed E-state index contributed by atoms with van der Waals surface area (Å²) in [6.07, 6.45) is -0.667. The monoisotopic (exact) mass is 273 g/mol. The van der Waals surface area contributed by atoms with Gasteiger partial charge in [-0.2, -0.15) is 0 Å². The predicted molar refractivity (Wildman–Crippen MR) is 76.3 cm³/mol. The van der Waals surface area contributed by atoms with E-state index in [-0.39, 0.29) is 11.7 Å². The smallest absolute Gasteiger partial charge is 0.265 e. The van der Waals surface area contributed by atoms with Crippen LogP contribution >= 0.6 is 0 Å². The fraction of sp³-hybridized carbons (Fsp3) is 0.188. The van der Waals surface area contributed by atoms with Crippen molar-refractivity contribution in [2.45, 2.75) is 20.0 Å². The molecule has 0 aliphatic carbocycles. The highest BCUT2D eigenvalue weighted by Gasteiger charge is 2.15. The van der Waals surface area contributed by atoms with Crippen molar-refractivity contribution >= 4 is 11.6 Å². The van der Waals surface area contributed by atoms with Crippen LogP contribution in [0.15, 0.2) is 48.5 Å². The van der Waals surface area contributed by atoms with Crippen LogP contribution in [0, 0.1) is 12.7 Å².